The second-order valence-electron chi connectivity index (χ2n) is 7.31. The van der Waals surface area contributed by atoms with E-state index in [1.165, 1.54) is 12.8 Å². The number of thiazole rings is 1. The van der Waals surface area contributed by atoms with Gasteiger partial charge in [-0.2, -0.15) is 0 Å². The molecule has 2 aliphatic rings. The summed E-state index contributed by atoms with van der Waals surface area (Å²) in [7, 11) is 0. The first-order valence-corrected chi connectivity index (χ1v) is 10.5. The van der Waals surface area contributed by atoms with Crippen molar-refractivity contribution < 1.29 is 4.79 Å². The smallest absolute Gasteiger partial charge is 0.317 e. The van der Waals surface area contributed by atoms with Gasteiger partial charge in [0, 0.05) is 50.3 Å². The van der Waals surface area contributed by atoms with Crippen LogP contribution < -0.4 is 11.1 Å². The monoisotopic (exact) mass is 365 g/mol. The lowest BCUT2D eigenvalue weighted by atomic mass is 9.96. The minimum absolute atomic E-state index is 0.145. The van der Waals surface area contributed by atoms with Crippen molar-refractivity contribution in [2.45, 2.75) is 51.1 Å². The Labute approximate surface area is 154 Å². The van der Waals surface area contributed by atoms with Gasteiger partial charge in [0.2, 0.25) is 0 Å². The fraction of sp³-hybridized carbons (Fsp3) is 0.778. The summed E-state index contributed by atoms with van der Waals surface area (Å²) in [5, 5.41) is 6.39. The molecule has 0 unspecified atom stereocenters. The molecule has 0 atom stereocenters. The molecule has 0 radical (unpaired) electrons. The molecule has 25 heavy (non-hydrogen) atoms. The van der Waals surface area contributed by atoms with E-state index < -0.39 is 0 Å². The lowest BCUT2D eigenvalue weighted by Gasteiger charge is -2.35. The number of aromatic nitrogens is 1. The number of rotatable bonds is 7. The molecular formula is C18H31N5OS. The quantitative estimate of drug-likeness (QED) is 0.777. The summed E-state index contributed by atoms with van der Waals surface area (Å²) in [5.41, 5.74) is 5.78. The number of carbonyl (C=O) groups excluding carboxylic acids is 1. The van der Waals surface area contributed by atoms with E-state index in [2.05, 4.69) is 15.2 Å². The van der Waals surface area contributed by atoms with Crippen LogP contribution in [0.1, 0.15) is 43.5 Å². The summed E-state index contributed by atoms with van der Waals surface area (Å²) in [5.74, 6) is 0.641. The van der Waals surface area contributed by atoms with Gasteiger partial charge >= 0.3 is 6.03 Å². The van der Waals surface area contributed by atoms with E-state index in [1.807, 2.05) is 16.5 Å². The van der Waals surface area contributed by atoms with Crippen LogP contribution in [-0.4, -0.2) is 59.6 Å². The average Bonchev–Trinajstić information content (AvgIpc) is 3.30. The Morgan fingerprint density at radius 3 is 2.72 bits per heavy atom. The van der Waals surface area contributed by atoms with Gasteiger partial charge in [-0.3, -0.25) is 4.90 Å². The maximum Gasteiger partial charge on any atom is 0.317 e. The molecule has 2 fully saturated rings. The van der Waals surface area contributed by atoms with Gasteiger partial charge in [-0.15, -0.1) is 11.3 Å². The SMILES string of the molecule is NCCN(Cc1nccs1)CC1CCN(C(=O)NC2CCCC2)CC1. The Hall–Kier alpha value is -1.18. The predicted octanol–water partition coefficient (Wildman–Crippen LogP) is 2.27. The van der Waals surface area contributed by atoms with E-state index in [0.717, 1.165) is 63.4 Å². The molecule has 1 aromatic rings. The van der Waals surface area contributed by atoms with Gasteiger partial charge < -0.3 is 16.0 Å². The molecule has 1 aliphatic carbocycles. The zero-order valence-electron chi connectivity index (χ0n) is 15.0. The standard InChI is InChI=1S/C18H31N5OS/c19-7-11-22(14-17-20-8-12-25-17)13-15-5-9-23(10-6-15)18(24)21-16-3-1-2-4-16/h8,12,15-16H,1-7,9-11,13-14,19H2,(H,21,24). The van der Waals surface area contributed by atoms with Crippen LogP contribution in [0.4, 0.5) is 4.79 Å². The number of urea groups is 1. The third-order valence-corrected chi connectivity index (χ3v) is 6.15. The van der Waals surface area contributed by atoms with Crippen LogP contribution in [0.25, 0.3) is 0 Å². The maximum atomic E-state index is 12.4. The third-order valence-electron chi connectivity index (χ3n) is 5.39. The van der Waals surface area contributed by atoms with Crippen molar-refractivity contribution in [2.75, 3.05) is 32.7 Å². The lowest BCUT2D eigenvalue weighted by Crippen LogP contribution is -2.48. The van der Waals surface area contributed by atoms with Crippen molar-refractivity contribution >= 4 is 17.4 Å². The predicted molar refractivity (Wildman–Crippen MR) is 102 cm³/mol. The highest BCUT2D eigenvalue weighted by atomic mass is 32.1. The Morgan fingerprint density at radius 1 is 1.32 bits per heavy atom. The van der Waals surface area contributed by atoms with Gasteiger partial charge in [0.05, 0.1) is 6.54 Å². The first-order chi connectivity index (χ1) is 12.2. The number of amides is 2. The minimum atomic E-state index is 0.145. The van der Waals surface area contributed by atoms with Crippen molar-refractivity contribution in [2.24, 2.45) is 11.7 Å². The number of piperidine rings is 1. The van der Waals surface area contributed by atoms with Crippen LogP contribution in [0.5, 0.6) is 0 Å². The molecule has 6 nitrogen and oxygen atoms in total. The summed E-state index contributed by atoms with van der Waals surface area (Å²) < 4.78 is 0. The number of carbonyl (C=O) groups is 1. The third kappa shape index (κ3) is 5.66. The van der Waals surface area contributed by atoms with Crippen LogP contribution >= 0.6 is 11.3 Å². The van der Waals surface area contributed by atoms with E-state index in [-0.39, 0.29) is 6.03 Å². The number of hydrogen-bond acceptors (Lipinski definition) is 5. The van der Waals surface area contributed by atoms with Crippen molar-refractivity contribution in [3.8, 4) is 0 Å². The van der Waals surface area contributed by atoms with Gasteiger partial charge in [0.15, 0.2) is 0 Å². The van der Waals surface area contributed by atoms with Crippen LogP contribution in [0.15, 0.2) is 11.6 Å². The van der Waals surface area contributed by atoms with E-state index >= 15 is 0 Å². The van der Waals surface area contributed by atoms with Gasteiger partial charge in [0.25, 0.3) is 0 Å². The zero-order chi connectivity index (χ0) is 17.5. The molecule has 0 bridgehead atoms. The molecule has 7 heteroatoms. The summed E-state index contributed by atoms with van der Waals surface area (Å²) >= 11 is 1.70. The van der Waals surface area contributed by atoms with E-state index in [9.17, 15) is 4.79 Å². The first-order valence-electron chi connectivity index (χ1n) is 9.61. The molecule has 1 aromatic heterocycles. The van der Waals surface area contributed by atoms with Crippen molar-refractivity contribution in [1.82, 2.24) is 20.1 Å². The molecule has 3 rings (SSSR count). The maximum absolute atomic E-state index is 12.4. The first kappa shape index (κ1) is 18.6. The van der Waals surface area contributed by atoms with Crippen molar-refractivity contribution in [3.05, 3.63) is 16.6 Å². The molecule has 1 saturated heterocycles. The molecule has 1 saturated carbocycles. The van der Waals surface area contributed by atoms with Crippen LogP contribution in [0.2, 0.25) is 0 Å². The van der Waals surface area contributed by atoms with Gasteiger partial charge in [-0.1, -0.05) is 12.8 Å². The number of hydrogen-bond donors (Lipinski definition) is 2. The summed E-state index contributed by atoms with van der Waals surface area (Å²) in [4.78, 5) is 21.2. The molecule has 140 valence electrons. The summed E-state index contributed by atoms with van der Waals surface area (Å²) in [6, 6.07) is 0.551. The molecule has 0 aromatic carbocycles. The fourth-order valence-corrected chi connectivity index (χ4v) is 4.62. The number of nitrogens with zero attached hydrogens (tertiary/aromatic N) is 3. The van der Waals surface area contributed by atoms with Crippen molar-refractivity contribution in [1.29, 1.82) is 0 Å². The number of nitrogens with two attached hydrogens (primary N) is 1. The Morgan fingerprint density at radius 2 is 2.08 bits per heavy atom. The van der Waals surface area contributed by atoms with Crippen LogP contribution in [0, 0.1) is 5.92 Å². The fourth-order valence-electron chi connectivity index (χ4n) is 3.96. The van der Waals surface area contributed by atoms with E-state index in [0.29, 0.717) is 18.5 Å². The highest BCUT2D eigenvalue weighted by molar-refractivity contribution is 7.09. The molecule has 0 spiro atoms. The topological polar surface area (TPSA) is 74.5 Å². The Bertz CT molecular complexity index is 510. The highest BCUT2D eigenvalue weighted by Crippen LogP contribution is 2.21. The second kappa shape index (κ2) is 9.50. The molecule has 2 heterocycles. The molecule has 3 N–H and O–H groups in total. The van der Waals surface area contributed by atoms with Gasteiger partial charge in [-0.05, 0) is 31.6 Å². The second-order valence-corrected chi connectivity index (χ2v) is 8.29. The molecule has 1 aliphatic heterocycles. The Balaban J connectivity index is 1.41. The summed E-state index contributed by atoms with van der Waals surface area (Å²) in [6.45, 7) is 5.26. The minimum Gasteiger partial charge on any atom is -0.335 e. The normalized spacial score (nSPS) is 19.7. The number of likely N-dealkylation sites (tertiary alicyclic amines) is 1. The van der Waals surface area contributed by atoms with E-state index in [4.69, 9.17) is 5.73 Å². The van der Waals surface area contributed by atoms with Crippen LogP contribution in [0.3, 0.4) is 0 Å². The Kier molecular flexibility index (Phi) is 7.07. The molecule has 2 amide bonds. The summed E-state index contributed by atoms with van der Waals surface area (Å²) in [6.07, 6.45) is 8.82. The van der Waals surface area contributed by atoms with Gasteiger partial charge in [0.1, 0.15) is 5.01 Å². The zero-order valence-corrected chi connectivity index (χ0v) is 15.8. The molecular weight excluding hydrogens is 334 g/mol. The lowest BCUT2D eigenvalue weighted by molar-refractivity contribution is 0.143. The largest absolute Gasteiger partial charge is 0.335 e. The average molecular weight is 366 g/mol. The number of nitrogens with one attached hydrogen (secondary N) is 1. The van der Waals surface area contributed by atoms with Crippen molar-refractivity contribution in [3.63, 3.8) is 0 Å². The van der Waals surface area contributed by atoms with Gasteiger partial charge in [-0.25, -0.2) is 9.78 Å². The van der Waals surface area contributed by atoms with Crippen LogP contribution in [-0.2, 0) is 6.54 Å². The van der Waals surface area contributed by atoms with E-state index in [1.54, 1.807) is 11.3 Å². The highest BCUT2D eigenvalue weighted by Gasteiger charge is 2.26.